The van der Waals surface area contributed by atoms with Crippen LogP contribution in [-0.4, -0.2) is 47.4 Å². The van der Waals surface area contributed by atoms with Gasteiger partial charge in [-0.05, 0) is 37.1 Å². The van der Waals surface area contributed by atoms with E-state index in [4.69, 9.17) is 5.11 Å². The molecule has 0 aliphatic heterocycles. The molecule has 0 unspecified atom stereocenters. The zero-order valence-electron chi connectivity index (χ0n) is 13.0. The normalized spacial score (nSPS) is 10.2. The molecule has 0 aliphatic carbocycles. The third-order valence-corrected chi connectivity index (χ3v) is 3.13. The molecule has 0 aromatic heterocycles. The number of halogens is 1. The highest BCUT2D eigenvalue weighted by Crippen LogP contribution is 2.03. The molecule has 0 fully saturated rings. The Kier molecular flexibility index (Phi) is 7.73. The minimum absolute atomic E-state index is 0.164. The molecule has 23 heavy (non-hydrogen) atoms. The van der Waals surface area contributed by atoms with Crippen molar-refractivity contribution in [2.75, 3.05) is 19.6 Å². The van der Waals surface area contributed by atoms with Gasteiger partial charge in [0.05, 0.1) is 0 Å². The maximum absolute atomic E-state index is 12.8. The number of carboxylic acid groups (broad SMARTS) is 1. The Hall–Kier alpha value is -2.44. The number of rotatable bonds is 9. The van der Waals surface area contributed by atoms with Crippen LogP contribution in [0.15, 0.2) is 24.3 Å². The van der Waals surface area contributed by atoms with Gasteiger partial charge in [-0.3, -0.25) is 14.4 Å². The van der Waals surface area contributed by atoms with Crippen LogP contribution in [0, 0.1) is 5.82 Å². The van der Waals surface area contributed by atoms with E-state index in [1.807, 2.05) is 6.92 Å². The summed E-state index contributed by atoms with van der Waals surface area (Å²) in [6, 6.07) is 5.16. The maximum Gasteiger partial charge on any atom is 0.323 e. The molecule has 6 nitrogen and oxygen atoms in total. The number of carbonyl (C=O) groups excluding carboxylic acids is 2. The second-order valence-electron chi connectivity index (χ2n) is 5.08. The highest BCUT2D eigenvalue weighted by atomic mass is 19.1. The van der Waals surface area contributed by atoms with E-state index in [-0.39, 0.29) is 31.3 Å². The maximum atomic E-state index is 12.8. The molecule has 1 aromatic carbocycles. The molecule has 0 spiro atoms. The standard InChI is InChI=1S/C16H21FN2O4/c1-2-10-19(11-15(21)22)14(20)4-3-9-18-16(23)12-5-7-13(17)8-6-12/h5-8H,2-4,9-11H2,1H3,(H,18,23)(H,21,22). The van der Waals surface area contributed by atoms with E-state index in [2.05, 4.69) is 5.32 Å². The van der Waals surface area contributed by atoms with Crippen LogP contribution in [0.25, 0.3) is 0 Å². The van der Waals surface area contributed by atoms with Crippen molar-refractivity contribution in [3.63, 3.8) is 0 Å². The second kappa shape index (κ2) is 9.55. The van der Waals surface area contributed by atoms with E-state index in [1.54, 1.807) is 0 Å². The predicted octanol–water partition coefficient (Wildman–Crippen LogP) is 1.66. The van der Waals surface area contributed by atoms with Gasteiger partial charge in [0.25, 0.3) is 5.91 Å². The van der Waals surface area contributed by atoms with Crippen LogP contribution in [0.4, 0.5) is 4.39 Å². The van der Waals surface area contributed by atoms with Crippen molar-refractivity contribution in [1.29, 1.82) is 0 Å². The van der Waals surface area contributed by atoms with Crippen LogP contribution in [-0.2, 0) is 9.59 Å². The van der Waals surface area contributed by atoms with Crippen molar-refractivity contribution in [3.8, 4) is 0 Å². The van der Waals surface area contributed by atoms with Gasteiger partial charge in [0.15, 0.2) is 0 Å². The third-order valence-electron chi connectivity index (χ3n) is 3.13. The lowest BCUT2D eigenvalue weighted by Crippen LogP contribution is -2.36. The summed E-state index contributed by atoms with van der Waals surface area (Å²) >= 11 is 0. The number of aliphatic carboxylic acids is 1. The predicted molar refractivity (Wildman–Crippen MR) is 82.5 cm³/mol. The first-order valence-electron chi connectivity index (χ1n) is 7.47. The quantitative estimate of drug-likeness (QED) is 0.676. The first-order valence-corrected chi connectivity index (χ1v) is 7.47. The lowest BCUT2D eigenvalue weighted by molar-refractivity contribution is -0.144. The van der Waals surface area contributed by atoms with E-state index in [0.717, 1.165) is 0 Å². The molecule has 7 heteroatoms. The van der Waals surface area contributed by atoms with E-state index >= 15 is 0 Å². The van der Waals surface area contributed by atoms with Crippen molar-refractivity contribution in [2.45, 2.75) is 26.2 Å². The van der Waals surface area contributed by atoms with Crippen molar-refractivity contribution in [1.82, 2.24) is 10.2 Å². The molecule has 1 rings (SSSR count). The Balaban J connectivity index is 2.35. The Bertz CT molecular complexity index is 546. The zero-order valence-corrected chi connectivity index (χ0v) is 13.0. The summed E-state index contributed by atoms with van der Waals surface area (Å²) in [6.07, 6.45) is 1.25. The molecule has 0 saturated heterocycles. The SMILES string of the molecule is CCCN(CC(=O)O)C(=O)CCCNC(=O)c1ccc(F)cc1. The summed E-state index contributed by atoms with van der Waals surface area (Å²) in [7, 11) is 0. The molecule has 0 heterocycles. The molecular formula is C16H21FN2O4. The summed E-state index contributed by atoms with van der Waals surface area (Å²) in [5, 5.41) is 11.4. The van der Waals surface area contributed by atoms with Crippen LogP contribution in [0.2, 0.25) is 0 Å². The first-order chi connectivity index (χ1) is 10.9. The highest BCUT2D eigenvalue weighted by Gasteiger charge is 2.15. The number of benzene rings is 1. The molecular weight excluding hydrogens is 303 g/mol. The van der Waals surface area contributed by atoms with Crippen LogP contribution < -0.4 is 5.32 Å². The summed E-state index contributed by atoms with van der Waals surface area (Å²) in [5.41, 5.74) is 0.344. The van der Waals surface area contributed by atoms with Gasteiger partial charge in [0, 0.05) is 25.1 Å². The fourth-order valence-electron chi connectivity index (χ4n) is 2.03. The Morgan fingerprint density at radius 2 is 1.87 bits per heavy atom. The smallest absolute Gasteiger partial charge is 0.323 e. The van der Waals surface area contributed by atoms with Gasteiger partial charge < -0.3 is 15.3 Å². The summed E-state index contributed by atoms with van der Waals surface area (Å²) in [4.78, 5) is 35.7. The molecule has 0 radical (unpaired) electrons. The van der Waals surface area contributed by atoms with Crippen molar-refractivity contribution in [2.24, 2.45) is 0 Å². The number of carbonyl (C=O) groups is 3. The number of carboxylic acids is 1. The van der Waals surface area contributed by atoms with Crippen LogP contribution >= 0.6 is 0 Å². The first kappa shape index (κ1) is 18.6. The summed E-state index contributed by atoms with van der Waals surface area (Å²) in [5.74, 6) is -2.04. The molecule has 126 valence electrons. The molecule has 1 aromatic rings. The molecule has 2 N–H and O–H groups in total. The Morgan fingerprint density at radius 3 is 2.43 bits per heavy atom. The second-order valence-corrected chi connectivity index (χ2v) is 5.08. The van der Waals surface area contributed by atoms with E-state index < -0.39 is 11.8 Å². The van der Waals surface area contributed by atoms with Crippen LogP contribution in [0.3, 0.4) is 0 Å². The number of nitrogens with zero attached hydrogens (tertiary/aromatic N) is 1. The fraction of sp³-hybridized carbons (Fsp3) is 0.438. The molecule has 0 bridgehead atoms. The summed E-state index contributed by atoms with van der Waals surface area (Å²) in [6.45, 7) is 2.24. The Morgan fingerprint density at radius 1 is 1.22 bits per heavy atom. The van der Waals surface area contributed by atoms with Gasteiger partial charge >= 0.3 is 5.97 Å². The van der Waals surface area contributed by atoms with Gasteiger partial charge in [0.2, 0.25) is 5.91 Å². The monoisotopic (exact) mass is 324 g/mol. The number of nitrogens with one attached hydrogen (secondary N) is 1. The van der Waals surface area contributed by atoms with E-state index in [0.29, 0.717) is 24.9 Å². The molecule has 2 amide bonds. The average Bonchev–Trinajstić information content (AvgIpc) is 2.51. The Labute approximate surface area is 134 Å². The van der Waals surface area contributed by atoms with E-state index in [9.17, 15) is 18.8 Å². The largest absolute Gasteiger partial charge is 0.480 e. The minimum atomic E-state index is -1.04. The van der Waals surface area contributed by atoms with Crippen LogP contribution in [0.1, 0.15) is 36.5 Å². The number of hydrogen-bond donors (Lipinski definition) is 2. The van der Waals surface area contributed by atoms with Gasteiger partial charge in [0.1, 0.15) is 12.4 Å². The highest BCUT2D eigenvalue weighted by molar-refractivity contribution is 5.94. The number of amides is 2. The summed E-state index contributed by atoms with van der Waals surface area (Å²) < 4.78 is 12.8. The molecule has 0 aliphatic rings. The van der Waals surface area contributed by atoms with Crippen LogP contribution in [0.5, 0.6) is 0 Å². The molecule has 0 atom stereocenters. The lowest BCUT2D eigenvalue weighted by atomic mass is 10.2. The van der Waals surface area contributed by atoms with E-state index in [1.165, 1.54) is 29.2 Å². The van der Waals surface area contributed by atoms with Gasteiger partial charge in [-0.25, -0.2) is 4.39 Å². The van der Waals surface area contributed by atoms with Crippen molar-refractivity contribution in [3.05, 3.63) is 35.6 Å². The third kappa shape index (κ3) is 6.90. The van der Waals surface area contributed by atoms with Gasteiger partial charge in [-0.15, -0.1) is 0 Å². The van der Waals surface area contributed by atoms with Gasteiger partial charge in [-0.1, -0.05) is 6.92 Å². The average molecular weight is 324 g/mol. The zero-order chi connectivity index (χ0) is 17.2. The molecule has 0 saturated carbocycles. The number of hydrogen-bond acceptors (Lipinski definition) is 3. The lowest BCUT2D eigenvalue weighted by Gasteiger charge is -2.19. The van der Waals surface area contributed by atoms with Crippen molar-refractivity contribution >= 4 is 17.8 Å². The topological polar surface area (TPSA) is 86.7 Å². The van der Waals surface area contributed by atoms with Crippen molar-refractivity contribution < 1.29 is 23.9 Å². The minimum Gasteiger partial charge on any atom is -0.480 e. The van der Waals surface area contributed by atoms with Gasteiger partial charge in [-0.2, -0.15) is 0 Å². The fourth-order valence-corrected chi connectivity index (χ4v) is 2.03.